The van der Waals surface area contributed by atoms with Crippen LogP contribution in [0, 0.1) is 4.91 Å². The van der Waals surface area contributed by atoms with E-state index in [1.54, 1.807) is 46.8 Å². The van der Waals surface area contributed by atoms with Gasteiger partial charge < -0.3 is 4.90 Å². The Morgan fingerprint density at radius 1 is 1.00 bits per heavy atom. The topological polar surface area (TPSA) is 88.9 Å². The molecule has 0 atom stereocenters. The van der Waals surface area contributed by atoms with Gasteiger partial charge in [-0.1, -0.05) is 51.8 Å². The molecule has 0 fully saturated rings. The Labute approximate surface area is 226 Å². The van der Waals surface area contributed by atoms with Crippen LogP contribution in [0.4, 0.5) is 11.4 Å². The second kappa shape index (κ2) is 11.9. The van der Waals surface area contributed by atoms with Crippen LogP contribution in [0.2, 0.25) is 0 Å². The van der Waals surface area contributed by atoms with E-state index in [1.807, 2.05) is 54.8 Å². The molecule has 9 nitrogen and oxygen atoms in total. The molecule has 3 aromatic heterocycles. The number of benzene rings is 2. The third-order valence-corrected chi connectivity index (χ3v) is 6.65. The minimum Gasteiger partial charge on any atom is -0.314 e. The van der Waals surface area contributed by atoms with Gasteiger partial charge >= 0.3 is 5.69 Å². The lowest BCUT2D eigenvalue weighted by Crippen LogP contribution is -2.26. The molecule has 0 spiro atoms. The molecule has 5 aromatic rings. The standard InChI is InChI=1S/C28H28N5O4.C2H6/c1-4-5-6-11-25(34)30(2)21-16-17-24-29-26-22-9-7-8-10-23(22)28(35)32(27(26)31(24)18-21)19-12-14-20(15-13-19)33(36)37-3;1-2/h7-10,12-18H,4-6,11H2,1-3H3;1-2H3/q+1;. The first-order valence-electron chi connectivity index (χ1n) is 13.3. The highest BCUT2D eigenvalue weighted by Crippen LogP contribution is 2.28. The SMILES string of the molecule is CC.CCCCCC(=O)N(C)c1ccc2nc3c4ccccc4c(=O)n(-c4ccc([N+](=O)OC)cc4)c3n2c1. The summed E-state index contributed by atoms with van der Waals surface area (Å²) in [5, 5.41) is 1.28. The van der Waals surface area contributed by atoms with Gasteiger partial charge in [0.25, 0.3) is 10.5 Å². The van der Waals surface area contributed by atoms with Crippen molar-refractivity contribution in [2.45, 2.75) is 46.5 Å². The van der Waals surface area contributed by atoms with Gasteiger partial charge in [-0.05, 0) is 36.8 Å². The van der Waals surface area contributed by atoms with Gasteiger partial charge in [0.1, 0.15) is 11.2 Å². The van der Waals surface area contributed by atoms with E-state index in [1.165, 1.54) is 7.11 Å². The van der Waals surface area contributed by atoms with Crippen molar-refractivity contribution < 1.29 is 14.6 Å². The molecular formula is C30H34N5O4+. The zero-order valence-corrected chi connectivity index (χ0v) is 23.0. The van der Waals surface area contributed by atoms with Crippen LogP contribution in [0.15, 0.2) is 71.7 Å². The van der Waals surface area contributed by atoms with Gasteiger partial charge in [-0.15, -0.1) is 0 Å². The lowest BCUT2D eigenvalue weighted by molar-refractivity contribution is -0.736. The Hall–Kier alpha value is -4.53. The van der Waals surface area contributed by atoms with E-state index in [0.29, 0.717) is 50.6 Å². The van der Waals surface area contributed by atoms with Crippen LogP contribution in [-0.4, -0.2) is 38.9 Å². The molecule has 0 radical (unpaired) electrons. The van der Waals surface area contributed by atoms with Crippen molar-refractivity contribution in [1.82, 2.24) is 14.0 Å². The minimum absolute atomic E-state index is 0.0379. The summed E-state index contributed by atoms with van der Waals surface area (Å²) in [6.07, 6.45) is 5.23. The molecule has 0 bridgehead atoms. The highest BCUT2D eigenvalue weighted by molar-refractivity contribution is 6.04. The second-order valence-electron chi connectivity index (χ2n) is 8.95. The minimum atomic E-state index is -0.210. The number of carbonyl (C=O) groups excluding carboxylic acids is 1. The number of carbonyl (C=O) groups is 1. The lowest BCUT2D eigenvalue weighted by atomic mass is 10.1. The first-order valence-corrected chi connectivity index (χ1v) is 13.3. The van der Waals surface area contributed by atoms with Crippen LogP contribution in [0.5, 0.6) is 0 Å². The summed E-state index contributed by atoms with van der Waals surface area (Å²) in [6, 6.07) is 17.7. The number of fused-ring (bicyclic) bond motifs is 5. The van der Waals surface area contributed by atoms with Crippen LogP contribution in [0.3, 0.4) is 0 Å². The normalized spacial score (nSPS) is 10.9. The smallest absolute Gasteiger partial charge is 0.314 e. The molecule has 0 unspecified atom stereocenters. The number of amides is 1. The third kappa shape index (κ3) is 5.12. The highest BCUT2D eigenvalue weighted by atomic mass is 16.8. The molecule has 1 amide bonds. The molecule has 0 aliphatic carbocycles. The number of unbranched alkanes of at least 4 members (excludes halogenated alkanes) is 2. The van der Waals surface area contributed by atoms with Crippen molar-refractivity contribution >= 4 is 44.9 Å². The molecule has 0 aliphatic rings. The summed E-state index contributed by atoms with van der Waals surface area (Å²) in [7, 11) is 3.06. The Morgan fingerprint density at radius 3 is 2.36 bits per heavy atom. The number of rotatable bonds is 8. The Bertz CT molecular complexity index is 1700. The number of hydrogen-bond acceptors (Lipinski definition) is 5. The van der Waals surface area contributed by atoms with Crippen molar-refractivity contribution in [1.29, 1.82) is 0 Å². The summed E-state index contributed by atoms with van der Waals surface area (Å²) in [5.74, 6) is 0.0379. The van der Waals surface area contributed by atoms with Gasteiger partial charge in [0.15, 0.2) is 12.8 Å². The first kappa shape index (κ1) is 27.5. The quantitative estimate of drug-likeness (QED) is 0.173. The molecule has 202 valence electrons. The summed E-state index contributed by atoms with van der Waals surface area (Å²) in [6.45, 7) is 6.11. The van der Waals surface area contributed by atoms with Crippen molar-refractivity contribution in [3.8, 4) is 5.69 Å². The molecule has 3 heterocycles. The Kier molecular flexibility index (Phi) is 8.39. The van der Waals surface area contributed by atoms with E-state index in [0.717, 1.165) is 24.6 Å². The largest absolute Gasteiger partial charge is 0.316 e. The van der Waals surface area contributed by atoms with E-state index in [9.17, 15) is 14.5 Å². The average molecular weight is 529 g/mol. The Morgan fingerprint density at radius 2 is 1.69 bits per heavy atom. The van der Waals surface area contributed by atoms with Gasteiger partial charge in [0, 0.05) is 42.6 Å². The third-order valence-electron chi connectivity index (χ3n) is 6.65. The summed E-state index contributed by atoms with van der Waals surface area (Å²) < 4.78 is 3.44. The Balaban J connectivity index is 0.00000172. The van der Waals surface area contributed by atoms with E-state index in [2.05, 4.69) is 6.92 Å². The van der Waals surface area contributed by atoms with E-state index >= 15 is 0 Å². The maximum absolute atomic E-state index is 13.8. The van der Waals surface area contributed by atoms with Gasteiger partial charge in [-0.25, -0.2) is 9.82 Å². The predicted molar refractivity (Wildman–Crippen MR) is 155 cm³/mol. The fourth-order valence-corrected chi connectivity index (χ4v) is 4.61. The summed E-state index contributed by atoms with van der Waals surface area (Å²) in [5.41, 5.74) is 3.26. The van der Waals surface area contributed by atoms with Gasteiger partial charge in [-0.2, -0.15) is 0 Å². The summed E-state index contributed by atoms with van der Waals surface area (Å²) in [4.78, 5) is 50.1. The molecule has 39 heavy (non-hydrogen) atoms. The lowest BCUT2D eigenvalue weighted by Gasteiger charge is -2.18. The second-order valence-corrected chi connectivity index (χ2v) is 8.95. The van der Waals surface area contributed by atoms with Crippen LogP contribution >= 0.6 is 0 Å². The van der Waals surface area contributed by atoms with Crippen molar-refractivity contribution in [2.75, 3.05) is 19.1 Å². The number of aromatic nitrogens is 3. The number of imidazole rings is 1. The van der Waals surface area contributed by atoms with Gasteiger partial charge in [0.05, 0.1) is 16.3 Å². The number of pyridine rings is 2. The van der Waals surface area contributed by atoms with Gasteiger partial charge in [0.2, 0.25) is 5.91 Å². The first-order chi connectivity index (χ1) is 18.9. The monoisotopic (exact) mass is 528 g/mol. The van der Waals surface area contributed by atoms with Crippen LogP contribution < -0.4 is 10.5 Å². The molecule has 0 saturated heterocycles. The molecule has 9 heteroatoms. The fraction of sp³-hybridized carbons (Fsp3) is 0.300. The molecule has 2 aromatic carbocycles. The van der Waals surface area contributed by atoms with Crippen molar-refractivity contribution in [3.05, 3.63) is 82.1 Å². The van der Waals surface area contributed by atoms with E-state index < -0.39 is 0 Å². The number of hydrogen-bond donors (Lipinski definition) is 0. The molecule has 0 N–H and O–H groups in total. The highest BCUT2D eigenvalue weighted by Gasteiger charge is 2.20. The maximum atomic E-state index is 13.8. The van der Waals surface area contributed by atoms with Crippen molar-refractivity contribution in [3.63, 3.8) is 0 Å². The predicted octanol–water partition coefficient (Wildman–Crippen LogP) is 6.33. The fourth-order valence-electron chi connectivity index (χ4n) is 4.61. The van der Waals surface area contributed by atoms with E-state index in [4.69, 9.17) is 9.82 Å². The summed E-state index contributed by atoms with van der Waals surface area (Å²) >= 11 is 0. The van der Waals surface area contributed by atoms with Crippen LogP contribution in [-0.2, 0) is 9.63 Å². The van der Waals surface area contributed by atoms with Crippen LogP contribution in [0.25, 0.3) is 33.3 Å². The number of anilines is 1. The van der Waals surface area contributed by atoms with Crippen molar-refractivity contribution in [2.24, 2.45) is 0 Å². The number of nitrogens with zero attached hydrogens (tertiary/aromatic N) is 5. The molecular weight excluding hydrogens is 494 g/mol. The molecule has 5 rings (SSSR count). The molecule has 0 saturated carbocycles. The van der Waals surface area contributed by atoms with E-state index in [-0.39, 0.29) is 11.5 Å². The zero-order chi connectivity index (χ0) is 28.1. The average Bonchev–Trinajstić information content (AvgIpc) is 3.36. The van der Waals surface area contributed by atoms with Gasteiger partial charge in [-0.3, -0.25) is 18.6 Å². The molecule has 0 aliphatic heterocycles. The maximum Gasteiger partial charge on any atom is 0.316 e. The van der Waals surface area contributed by atoms with Crippen LogP contribution in [0.1, 0.15) is 46.5 Å². The zero-order valence-electron chi connectivity index (χ0n) is 23.0.